The lowest BCUT2D eigenvalue weighted by molar-refractivity contribution is -0.147. The number of alkyl halides is 3. The van der Waals surface area contributed by atoms with Gasteiger partial charge in [0.2, 0.25) is 0 Å². The minimum atomic E-state index is -3.51. The molecule has 2 unspecified atom stereocenters. The average Bonchev–Trinajstić information content (AvgIpc) is 2.34. The third-order valence-electron chi connectivity index (χ3n) is 3.59. The molecule has 1 aliphatic heterocycles. The van der Waals surface area contributed by atoms with E-state index in [2.05, 4.69) is 5.32 Å². The van der Waals surface area contributed by atoms with E-state index in [1.807, 2.05) is 0 Å². The quantitative estimate of drug-likeness (QED) is 0.664. The van der Waals surface area contributed by atoms with Crippen LogP contribution in [0.15, 0.2) is 24.3 Å². The topological polar surface area (TPSA) is 29.1 Å². The first kappa shape index (κ1) is 14.0. The van der Waals surface area contributed by atoms with Crippen LogP contribution in [0.3, 0.4) is 0 Å². The second-order valence-corrected chi connectivity index (χ2v) is 4.84. The number of benzene rings is 1. The summed E-state index contributed by atoms with van der Waals surface area (Å²) in [5, 5.41) is 2.24. The number of piperidine rings is 1. The zero-order chi connectivity index (χ0) is 14.3. The number of hydrogen-bond donors (Lipinski definition) is 1. The number of nitrogens with one attached hydrogen (secondary N) is 1. The van der Waals surface area contributed by atoms with E-state index < -0.39 is 35.9 Å². The Labute approximate surface area is 107 Å². The minimum absolute atomic E-state index is 0.235. The molecule has 104 valence electrons. The summed E-state index contributed by atoms with van der Waals surface area (Å²) in [5.41, 5.74) is -2.40. The lowest BCUT2D eigenvalue weighted by Crippen LogP contribution is -2.65. The number of halogens is 4. The number of hydrogen-bond acceptors (Lipinski definition) is 2. The van der Waals surface area contributed by atoms with Crippen molar-refractivity contribution in [2.45, 2.75) is 37.0 Å². The summed E-state index contributed by atoms with van der Waals surface area (Å²) in [6.07, 6.45) is -2.87. The first-order valence-electron chi connectivity index (χ1n) is 5.82. The van der Waals surface area contributed by atoms with Gasteiger partial charge in [-0.15, -0.1) is 0 Å². The number of aldehydes is 1. The van der Waals surface area contributed by atoms with Gasteiger partial charge >= 0.3 is 0 Å². The van der Waals surface area contributed by atoms with Crippen LogP contribution in [0.4, 0.5) is 17.6 Å². The van der Waals surface area contributed by atoms with Crippen LogP contribution < -0.4 is 5.32 Å². The summed E-state index contributed by atoms with van der Waals surface area (Å²) in [4.78, 5) is 10.7. The lowest BCUT2D eigenvalue weighted by Gasteiger charge is -2.45. The molecular weight excluding hydrogens is 262 g/mol. The Kier molecular flexibility index (Phi) is 3.38. The fourth-order valence-electron chi connectivity index (χ4n) is 2.37. The van der Waals surface area contributed by atoms with E-state index in [9.17, 15) is 22.4 Å². The summed E-state index contributed by atoms with van der Waals surface area (Å²) in [7, 11) is 0. The highest BCUT2D eigenvalue weighted by Gasteiger charge is 2.59. The molecule has 0 aromatic heterocycles. The second kappa shape index (κ2) is 4.59. The van der Waals surface area contributed by atoms with Gasteiger partial charge in [-0.3, -0.25) is 5.32 Å². The van der Waals surface area contributed by atoms with Gasteiger partial charge in [-0.2, -0.15) is 0 Å². The van der Waals surface area contributed by atoms with Crippen LogP contribution in [-0.4, -0.2) is 24.4 Å². The van der Waals surface area contributed by atoms with Crippen molar-refractivity contribution in [3.05, 3.63) is 35.6 Å². The number of carbonyl (C=O) groups is 1. The standard InChI is InChI=1S/C13H13F4NO/c1-12(8-4-2-3-5-9(8)14)13(16,17)6-10(15)11(7-19)18-12/h2-5,7,10-11,18H,6H2,1H3/t10?,11?,12-/m1/s1. The van der Waals surface area contributed by atoms with Crippen LogP contribution in [0.25, 0.3) is 0 Å². The van der Waals surface area contributed by atoms with Gasteiger partial charge in [0.1, 0.15) is 23.8 Å². The maximum atomic E-state index is 14.1. The largest absolute Gasteiger partial charge is 0.302 e. The molecule has 2 rings (SSSR count). The summed E-state index contributed by atoms with van der Waals surface area (Å²) < 4.78 is 55.4. The van der Waals surface area contributed by atoms with Crippen molar-refractivity contribution in [1.82, 2.24) is 5.32 Å². The summed E-state index contributed by atoms with van der Waals surface area (Å²) >= 11 is 0. The van der Waals surface area contributed by atoms with Gasteiger partial charge in [0.15, 0.2) is 0 Å². The Balaban J connectivity index is 2.50. The molecule has 0 amide bonds. The zero-order valence-electron chi connectivity index (χ0n) is 10.2. The molecule has 0 aliphatic carbocycles. The highest BCUT2D eigenvalue weighted by Crippen LogP contribution is 2.45. The molecule has 0 bridgehead atoms. The van der Waals surface area contributed by atoms with Gasteiger partial charge in [0, 0.05) is 12.0 Å². The number of carbonyl (C=O) groups excluding carboxylic acids is 1. The van der Waals surface area contributed by atoms with Crippen LogP contribution in [0.2, 0.25) is 0 Å². The minimum Gasteiger partial charge on any atom is -0.302 e. The Hall–Kier alpha value is -1.43. The smallest absolute Gasteiger partial charge is 0.272 e. The molecule has 1 N–H and O–H groups in total. The van der Waals surface area contributed by atoms with Crippen LogP contribution in [-0.2, 0) is 10.3 Å². The van der Waals surface area contributed by atoms with Crippen molar-refractivity contribution >= 4 is 6.29 Å². The Bertz CT molecular complexity index is 493. The maximum absolute atomic E-state index is 14.1. The van der Waals surface area contributed by atoms with Crippen molar-refractivity contribution in [1.29, 1.82) is 0 Å². The van der Waals surface area contributed by atoms with Gasteiger partial charge in [-0.05, 0) is 13.0 Å². The van der Waals surface area contributed by atoms with Crippen molar-refractivity contribution < 1.29 is 22.4 Å². The monoisotopic (exact) mass is 275 g/mol. The molecule has 1 aliphatic rings. The van der Waals surface area contributed by atoms with E-state index >= 15 is 0 Å². The highest BCUT2D eigenvalue weighted by molar-refractivity contribution is 5.60. The predicted molar refractivity (Wildman–Crippen MR) is 61.2 cm³/mol. The Morgan fingerprint density at radius 2 is 2.00 bits per heavy atom. The van der Waals surface area contributed by atoms with Gasteiger partial charge < -0.3 is 4.79 Å². The normalized spacial score (nSPS) is 33.9. The van der Waals surface area contributed by atoms with Gasteiger partial charge in [-0.1, -0.05) is 18.2 Å². The summed E-state index contributed by atoms with van der Waals surface area (Å²) in [5.74, 6) is -4.33. The third-order valence-corrected chi connectivity index (χ3v) is 3.59. The number of rotatable bonds is 2. The van der Waals surface area contributed by atoms with Crippen molar-refractivity contribution in [2.24, 2.45) is 0 Å². The van der Waals surface area contributed by atoms with Crippen molar-refractivity contribution in [2.75, 3.05) is 0 Å². The van der Waals surface area contributed by atoms with Gasteiger partial charge in [0.05, 0.1) is 6.04 Å². The molecule has 1 aromatic rings. The molecule has 0 saturated carbocycles. The third kappa shape index (κ3) is 2.14. The fourth-order valence-corrected chi connectivity index (χ4v) is 2.37. The predicted octanol–water partition coefficient (Wildman–Crippen LogP) is 2.58. The molecule has 3 atom stereocenters. The van der Waals surface area contributed by atoms with Gasteiger partial charge in [0.25, 0.3) is 5.92 Å². The Morgan fingerprint density at radius 1 is 1.37 bits per heavy atom. The zero-order valence-corrected chi connectivity index (χ0v) is 10.2. The Morgan fingerprint density at radius 3 is 2.58 bits per heavy atom. The lowest BCUT2D eigenvalue weighted by atomic mass is 9.77. The average molecular weight is 275 g/mol. The van der Waals surface area contributed by atoms with E-state index in [4.69, 9.17) is 0 Å². The first-order chi connectivity index (χ1) is 8.82. The van der Waals surface area contributed by atoms with Crippen molar-refractivity contribution in [3.8, 4) is 0 Å². The SMILES string of the molecule is C[C@]1(c2ccccc2F)NC(C=O)C(F)CC1(F)F. The van der Waals surface area contributed by atoms with Gasteiger partial charge in [-0.25, -0.2) is 17.6 Å². The van der Waals surface area contributed by atoms with Crippen LogP contribution in [0.1, 0.15) is 18.9 Å². The van der Waals surface area contributed by atoms with E-state index in [0.717, 1.165) is 13.0 Å². The van der Waals surface area contributed by atoms with Crippen LogP contribution in [0, 0.1) is 5.82 Å². The van der Waals surface area contributed by atoms with E-state index in [-0.39, 0.29) is 11.8 Å². The highest BCUT2D eigenvalue weighted by atomic mass is 19.3. The molecule has 0 radical (unpaired) electrons. The molecule has 2 nitrogen and oxygen atoms in total. The fraction of sp³-hybridized carbons (Fsp3) is 0.462. The molecule has 6 heteroatoms. The van der Waals surface area contributed by atoms with Crippen LogP contribution in [0.5, 0.6) is 0 Å². The molecule has 1 saturated heterocycles. The van der Waals surface area contributed by atoms with Crippen LogP contribution >= 0.6 is 0 Å². The summed E-state index contributed by atoms with van der Waals surface area (Å²) in [6, 6.07) is 3.67. The van der Waals surface area contributed by atoms with E-state index in [0.29, 0.717) is 0 Å². The van der Waals surface area contributed by atoms with E-state index in [1.54, 1.807) is 0 Å². The second-order valence-electron chi connectivity index (χ2n) is 4.84. The molecule has 1 fully saturated rings. The van der Waals surface area contributed by atoms with E-state index in [1.165, 1.54) is 18.2 Å². The first-order valence-corrected chi connectivity index (χ1v) is 5.82. The summed E-state index contributed by atoms with van der Waals surface area (Å²) in [6.45, 7) is 1.08. The molecule has 19 heavy (non-hydrogen) atoms. The molecule has 0 spiro atoms. The van der Waals surface area contributed by atoms with Crippen molar-refractivity contribution in [3.63, 3.8) is 0 Å². The molecule has 1 aromatic carbocycles. The maximum Gasteiger partial charge on any atom is 0.272 e. The molecule has 1 heterocycles. The molecular formula is C13H13F4NO.